The number of halogens is 1. The number of amides is 2. The maximum Gasteiger partial charge on any atom is 0.233 e. The van der Waals surface area contributed by atoms with Crippen LogP contribution in [-0.4, -0.2) is 41.1 Å². The molecule has 1 aliphatic heterocycles. The smallest absolute Gasteiger partial charge is 0.233 e. The zero-order chi connectivity index (χ0) is 17.1. The molecule has 2 amide bonds. The van der Waals surface area contributed by atoms with E-state index < -0.39 is 6.10 Å². The van der Waals surface area contributed by atoms with Crippen LogP contribution in [0.5, 0.6) is 0 Å². The van der Waals surface area contributed by atoms with Gasteiger partial charge in [0.1, 0.15) is 0 Å². The molecular formula is C18H20ClNO4. The number of allylic oxidation sites excluding steroid dienone is 2. The molecule has 128 valence electrons. The fourth-order valence-corrected chi connectivity index (χ4v) is 3.42. The maximum atomic E-state index is 12.3. The van der Waals surface area contributed by atoms with Crippen molar-refractivity contribution in [1.29, 1.82) is 0 Å². The Morgan fingerprint density at radius 1 is 1.17 bits per heavy atom. The monoisotopic (exact) mass is 349 g/mol. The molecule has 1 aromatic carbocycles. The minimum Gasteiger partial charge on any atom is -0.389 e. The van der Waals surface area contributed by atoms with Crippen LogP contribution in [0.1, 0.15) is 18.4 Å². The zero-order valence-electron chi connectivity index (χ0n) is 13.2. The van der Waals surface area contributed by atoms with Crippen LogP contribution in [0.15, 0.2) is 36.4 Å². The number of nitrogens with zero attached hydrogens (tertiary/aromatic N) is 1. The van der Waals surface area contributed by atoms with E-state index in [0.717, 1.165) is 5.56 Å². The number of aliphatic hydroxyl groups excluding tert-OH is 1. The van der Waals surface area contributed by atoms with Crippen molar-refractivity contribution in [3.05, 3.63) is 47.0 Å². The van der Waals surface area contributed by atoms with Crippen LogP contribution in [0, 0.1) is 11.8 Å². The van der Waals surface area contributed by atoms with Crippen molar-refractivity contribution in [2.45, 2.75) is 25.6 Å². The van der Waals surface area contributed by atoms with Gasteiger partial charge in [0.15, 0.2) is 0 Å². The molecule has 3 atom stereocenters. The third kappa shape index (κ3) is 3.53. The largest absolute Gasteiger partial charge is 0.389 e. The number of benzene rings is 1. The van der Waals surface area contributed by atoms with E-state index in [0.29, 0.717) is 17.9 Å². The Morgan fingerprint density at radius 3 is 2.42 bits per heavy atom. The van der Waals surface area contributed by atoms with Crippen LogP contribution in [0.4, 0.5) is 0 Å². The molecule has 2 aliphatic rings. The van der Waals surface area contributed by atoms with Gasteiger partial charge in [0.25, 0.3) is 0 Å². The summed E-state index contributed by atoms with van der Waals surface area (Å²) in [7, 11) is 0. The summed E-state index contributed by atoms with van der Waals surface area (Å²) in [4.78, 5) is 25.8. The third-order valence-electron chi connectivity index (χ3n) is 4.52. The molecule has 1 heterocycles. The van der Waals surface area contributed by atoms with E-state index in [-0.39, 0.29) is 43.4 Å². The number of hydrogen-bond donors (Lipinski definition) is 1. The Morgan fingerprint density at radius 2 is 1.79 bits per heavy atom. The lowest BCUT2D eigenvalue weighted by Gasteiger charge is -2.19. The van der Waals surface area contributed by atoms with Gasteiger partial charge in [-0.2, -0.15) is 0 Å². The van der Waals surface area contributed by atoms with E-state index >= 15 is 0 Å². The number of carbonyl (C=O) groups is 2. The summed E-state index contributed by atoms with van der Waals surface area (Å²) >= 11 is 6.04. The SMILES string of the molecule is O=C1[C@H]2CC=CC[C@@H]2C(=O)N1C[C@@H](O)COCc1ccccc1Cl. The topological polar surface area (TPSA) is 66.8 Å². The molecule has 1 fully saturated rings. The first-order valence-corrected chi connectivity index (χ1v) is 8.45. The Kier molecular flexibility index (Phi) is 5.33. The van der Waals surface area contributed by atoms with Crippen LogP contribution in [-0.2, 0) is 20.9 Å². The average molecular weight is 350 g/mol. The molecule has 1 aromatic rings. The molecule has 0 saturated carbocycles. The zero-order valence-corrected chi connectivity index (χ0v) is 14.0. The fraction of sp³-hybridized carbons (Fsp3) is 0.444. The van der Waals surface area contributed by atoms with E-state index in [9.17, 15) is 14.7 Å². The number of hydrogen-bond acceptors (Lipinski definition) is 4. The first kappa shape index (κ1) is 17.1. The highest BCUT2D eigenvalue weighted by Gasteiger charge is 2.47. The Bertz CT molecular complexity index is 634. The second kappa shape index (κ2) is 7.47. The van der Waals surface area contributed by atoms with Crippen LogP contribution in [0.25, 0.3) is 0 Å². The number of likely N-dealkylation sites (tertiary alicyclic amines) is 1. The van der Waals surface area contributed by atoms with Crippen molar-refractivity contribution in [3.63, 3.8) is 0 Å². The quantitative estimate of drug-likeness (QED) is 0.631. The highest BCUT2D eigenvalue weighted by Crippen LogP contribution is 2.35. The third-order valence-corrected chi connectivity index (χ3v) is 4.89. The molecule has 0 radical (unpaired) electrons. The lowest BCUT2D eigenvalue weighted by Crippen LogP contribution is -2.39. The summed E-state index contributed by atoms with van der Waals surface area (Å²) in [6.07, 6.45) is 4.18. The summed E-state index contributed by atoms with van der Waals surface area (Å²) in [6.45, 7) is 0.289. The highest BCUT2D eigenvalue weighted by molar-refractivity contribution is 6.31. The molecule has 3 rings (SSSR count). The number of ether oxygens (including phenoxy) is 1. The maximum absolute atomic E-state index is 12.3. The normalized spacial score (nSPS) is 24.3. The minimum atomic E-state index is -0.909. The summed E-state index contributed by atoms with van der Waals surface area (Å²) in [5.41, 5.74) is 0.830. The van der Waals surface area contributed by atoms with Gasteiger partial charge in [-0.15, -0.1) is 0 Å². The standard InChI is InChI=1S/C18H20ClNO4/c19-16-8-4-1-5-12(16)10-24-11-13(21)9-20-17(22)14-6-2-3-7-15(14)18(20)23/h1-5,8,13-15,21H,6-7,9-11H2/t13-,14+,15+/m1/s1. The van der Waals surface area contributed by atoms with Gasteiger partial charge >= 0.3 is 0 Å². The Balaban J connectivity index is 1.50. The van der Waals surface area contributed by atoms with E-state index in [1.807, 2.05) is 30.4 Å². The van der Waals surface area contributed by atoms with E-state index in [1.54, 1.807) is 6.07 Å². The van der Waals surface area contributed by atoms with Crippen LogP contribution >= 0.6 is 11.6 Å². The number of β-amino-alcohol motifs (C(OH)–C–C–N with tert-alkyl or cyclic N) is 1. The average Bonchev–Trinajstić information content (AvgIpc) is 2.82. The van der Waals surface area contributed by atoms with Crippen LogP contribution in [0.2, 0.25) is 5.02 Å². The summed E-state index contributed by atoms with van der Waals surface area (Å²) in [6, 6.07) is 7.31. The number of rotatable bonds is 6. The summed E-state index contributed by atoms with van der Waals surface area (Å²) in [5.74, 6) is -0.892. The van der Waals surface area contributed by atoms with Crippen LogP contribution < -0.4 is 0 Å². The molecule has 1 aliphatic carbocycles. The predicted molar refractivity (Wildman–Crippen MR) is 89.2 cm³/mol. The Hall–Kier alpha value is -1.69. The molecule has 0 unspecified atom stereocenters. The van der Waals surface area contributed by atoms with Gasteiger partial charge in [0.2, 0.25) is 11.8 Å². The molecule has 1 saturated heterocycles. The van der Waals surface area contributed by atoms with E-state index in [4.69, 9.17) is 16.3 Å². The van der Waals surface area contributed by atoms with Gasteiger partial charge in [-0.3, -0.25) is 14.5 Å². The van der Waals surface area contributed by atoms with Crippen molar-refractivity contribution >= 4 is 23.4 Å². The predicted octanol–water partition coefficient (Wildman–Crippen LogP) is 2.17. The second-order valence-electron chi connectivity index (χ2n) is 6.20. The Labute approximate surface area is 145 Å². The fourth-order valence-electron chi connectivity index (χ4n) is 3.23. The lowest BCUT2D eigenvalue weighted by molar-refractivity contribution is -0.142. The van der Waals surface area contributed by atoms with Crippen molar-refractivity contribution in [1.82, 2.24) is 4.90 Å². The molecule has 0 bridgehead atoms. The molecule has 5 nitrogen and oxygen atoms in total. The lowest BCUT2D eigenvalue weighted by atomic mass is 9.85. The van der Waals surface area contributed by atoms with Crippen LogP contribution in [0.3, 0.4) is 0 Å². The minimum absolute atomic E-state index is 0.0206. The highest BCUT2D eigenvalue weighted by atomic mass is 35.5. The first-order valence-electron chi connectivity index (χ1n) is 8.07. The van der Waals surface area contributed by atoms with Gasteiger partial charge in [-0.1, -0.05) is 42.0 Å². The summed E-state index contributed by atoms with van der Waals surface area (Å²) < 4.78 is 5.47. The number of carbonyl (C=O) groups excluding carboxylic acids is 2. The van der Waals surface area contributed by atoms with E-state index in [2.05, 4.69) is 0 Å². The summed E-state index contributed by atoms with van der Waals surface area (Å²) in [5, 5.41) is 10.7. The first-order chi connectivity index (χ1) is 11.6. The molecule has 0 spiro atoms. The number of aliphatic hydroxyl groups is 1. The molecule has 24 heavy (non-hydrogen) atoms. The number of fused-ring (bicyclic) bond motifs is 1. The molecular weight excluding hydrogens is 330 g/mol. The van der Waals surface area contributed by atoms with Crippen molar-refractivity contribution < 1.29 is 19.4 Å². The molecule has 1 N–H and O–H groups in total. The van der Waals surface area contributed by atoms with Crippen molar-refractivity contribution in [2.75, 3.05) is 13.2 Å². The van der Waals surface area contributed by atoms with Gasteiger partial charge in [-0.05, 0) is 24.5 Å². The van der Waals surface area contributed by atoms with E-state index in [1.165, 1.54) is 4.90 Å². The van der Waals surface area contributed by atoms with Crippen molar-refractivity contribution in [2.24, 2.45) is 11.8 Å². The molecule has 0 aromatic heterocycles. The van der Waals surface area contributed by atoms with Gasteiger partial charge < -0.3 is 9.84 Å². The van der Waals surface area contributed by atoms with Gasteiger partial charge in [0.05, 0.1) is 37.7 Å². The van der Waals surface area contributed by atoms with Gasteiger partial charge in [0, 0.05) is 5.02 Å². The number of imide groups is 1. The van der Waals surface area contributed by atoms with Crippen molar-refractivity contribution in [3.8, 4) is 0 Å². The van der Waals surface area contributed by atoms with Gasteiger partial charge in [-0.25, -0.2) is 0 Å². The molecule has 6 heteroatoms. The second-order valence-corrected chi connectivity index (χ2v) is 6.61.